The molecule has 164 valence electrons. The van der Waals surface area contributed by atoms with Crippen LogP contribution >= 0.6 is 11.6 Å². The van der Waals surface area contributed by atoms with Gasteiger partial charge in [0.25, 0.3) is 0 Å². The van der Waals surface area contributed by atoms with Crippen molar-refractivity contribution in [1.82, 2.24) is 19.4 Å². The lowest BCUT2D eigenvalue weighted by molar-refractivity contribution is 0.415. The minimum atomic E-state index is 0.587. The minimum Gasteiger partial charge on any atom is -0.495 e. The zero-order chi connectivity index (χ0) is 22.1. The van der Waals surface area contributed by atoms with Crippen molar-refractivity contribution in [3.63, 3.8) is 0 Å². The lowest BCUT2D eigenvalue weighted by Gasteiger charge is -2.24. The number of imidazole rings is 1. The van der Waals surface area contributed by atoms with E-state index in [0.29, 0.717) is 10.8 Å². The average Bonchev–Trinajstić information content (AvgIpc) is 3.08. The molecule has 8 heteroatoms. The van der Waals surface area contributed by atoms with Crippen molar-refractivity contribution in [1.29, 1.82) is 0 Å². The topological polar surface area (TPSA) is 58.8 Å². The van der Waals surface area contributed by atoms with Crippen molar-refractivity contribution in [2.24, 2.45) is 0 Å². The number of fused-ring (bicyclic) bond motifs is 1. The standard InChI is InChI=1S/C24H25ClN6O/c1-17-10-23(32-2)21(25)12-20(17)22-15-31-7-4-18(11-24(31)28-22)29-5-3-6-30(9-8-29)19-13-26-16-27-14-19/h4,7,10-16H,3,5-6,8-9H2,1-2H3. The number of benzene rings is 1. The number of pyridine rings is 1. The lowest BCUT2D eigenvalue weighted by atomic mass is 10.1. The zero-order valence-corrected chi connectivity index (χ0v) is 19.0. The van der Waals surface area contributed by atoms with E-state index in [-0.39, 0.29) is 0 Å². The highest BCUT2D eigenvalue weighted by atomic mass is 35.5. The van der Waals surface area contributed by atoms with Gasteiger partial charge in [0.1, 0.15) is 17.7 Å². The Kier molecular flexibility index (Phi) is 5.57. The number of hydrogen-bond acceptors (Lipinski definition) is 6. The quantitative estimate of drug-likeness (QED) is 0.459. The van der Waals surface area contributed by atoms with Crippen molar-refractivity contribution in [2.45, 2.75) is 13.3 Å². The van der Waals surface area contributed by atoms with Gasteiger partial charge in [-0.25, -0.2) is 15.0 Å². The molecule has 0 spiro atoms. The smallest absolute Gasteiger partial charge is 0.139 e. The van der Waals surface area contributed by atoms with Crippen molar-refractivity contribution in [3.05, 3.63) is 66.0 Å². The normalized spacial score (nSPS) is 14.6. The lowest BCUT2D eigenvalue weighted by Crippen LogP contribution is -2.30. The molecule has 4 heterocycles. The van der Waals surface area contributed by atoms with E-state index in [9.17, 15) is 0 Å². The SMILES string of the molecule is COc1cc(C)c(-c2cn3ccc(N4CCCN(c5cncnc5)CC4)cc3n2)cc1Cl. The van der Waals surface area contributed by atoms with Gasteiger partial charge in [-0.1, -0.05) is 11.6 Å². The molecule has 0 amide bonds. The number of aromatic nitrogens is 4. The highest BCUT2D eigenvalue weighted by Crippen LogP contribution is 2.33. The Bertz CT molecular complexity index is 1240. The number of ether oxygens (including phenoxy) is 1. The number of rotatable bonds is 4. The third kappa shape index (κ3) is 3.96. The molecule has 4 aromatic rings. The predicted octanol–water partition coefficient (Wildman–Crippen LogP) is 4.48. The highest BCUT2D eigenvalue weighted by Gasteiger charge is 2.17. The van der Waals surface area contributed by atoms with Crippen molar-refractivity contribution in [3.8, 4) is 17.0 Å². The van der Waals surface area contributed by atoms with Crippen molar-refractivity contribution >= 4 is 28.6 Å². The third-order valence-electron chi connectivity index (χ3n) is 5.99. The van der Waals surface area contributed by atoms with E-state index >= 15 is 0 Å². The van der Waals surface area contributed by atoms with Crippen LogP contribution in [-0.4, -0.2) is 52.6 Å². The summed E-state index contributed by atoms with van der Waals surface area (Å²) in [7, 11) is 1.63. The Morgan fingerprint density at radius 3 is 2.47 bits per heavy atom. The molecule has 0 aliphatic carbocycles. The maximum absolute atomic E-state index is 6.37. The molecule has 0 N–H and O–H groups in total. The Labute approximate surface area is 192 Å². The van der Waals surface area contributed by atoms with Crippen LogP contribution in [0.1, 0.15) is 12.0 Å². The number of nitrogens with zero attached hydrogens (tertiary/aromatic N) is 6. The van der Waals surface area contributed by atoms with Gasteiger partial charge in [0.15, 0.2) is 0 Å². The van der Waals surface area contributed by atoms with E-state index in [1.54, 1.807) is 13.4 Å². The van der Waals surface area contributed by atoms with Crippen LogP contribution in [0, 0.1) is 6.92 Å². The molecule has 0 saturated carbocycles. The Morgan fingerprint density at radius 1 is 0.969 bits per heavy atom. The van der Waals surface area contributed by atoms with Crippen LogP contribution in [0.5, 0.6) is 5.75 Å². The molecule has 1 aliphatic heterocycles. The summed E-state index contributed by atoms with van der Waals surface area (Å²) in [6.45, 7) is 5.91. The summed E-state index contributed by atoms with van der Waals surface area (Å²) < 4.78 is 7.39. The first-order valence-corrected chi connectivity index (χ1v) is 11.1. The maximum Gasteiger partial charge on any atom is 0.139 e. The molecule has 5 rings (SSSR count). The number of anilines is 2. The highest BCUT2D eigenvalue weighted by molar-refractivity contribution is 6.32. The molecule has 0 unspecified atom stereocenters. The van der Waals surface area contributed by atoms with Gasteiger partial charge in [0.05, 0.1) is 35.9 Å². The number of halogens is 1. The van der Waals surface area contributed by atoms with E-state index in [1.165, 1.54) is 5.69 Å². The molecule has 32 heavy (non-hydrogen) atoms. The van der Waals surface area contributed by atoms with Crippen LogP contribution in [0.4, 0.5) is 11.4 Å². The summed E-state index contributed by atoms with van der Waals surface area (Å²) in [6.07, 6.45) is 10.5. The van der Waals surface area contributed by atoms with Gasteiger partial charge in [0.2, 0.25) is 0 Å². The molecule has 1 aliphatic rings. The van der Waals surface area contributed by atoms with Gasteiger partial charge in [-0.3, -0.25) is 0 Å². The first-order chi connectivity index (χ1) is 15.6. The average molecular weight is 449 g/mol. The number of aryl methyl sites for hydroxylation is 1. The Morgan fingerprint density at radius 2 is 1.72 bits per heavy atom. The molecule has 1 saturated heterocycles. The second-order valence-corrected chi connectivity index (χ2v) is 8.41. The summed E-state index contributed by atoms with van der Waals surface area (Å²) >= 11 is 6.37. The molecule has 0 atom stereocenters. The van der Waals surface area contributed by atoms with Crippen molar-refractivity contribution < 1.29 is 4.74 Å². The number of methoxy groups -OCH3 is 1. The molecule has 0 bridgehead atoms. The van der Waals surface area contributed by atoms with Crippen LogP contribution in [-0.2, 0) is 0 Å². The van der Waals surface area contributed by atoms with Crippen LogP contribution < -0.4 is 14.5 Å². The second-order valence-electron chi connectivity index (χ2n) is 8.00. The zero-order valence-electron chi connectivity index (χ0n) is 18.2. The van der Waals surface area contributed by atoms with E-state index in [0.717, 1.165) is 60.8 Å². The summed E-state index contributed by atoms with van der Waals surface area (Å²) in [5, 5.41) is 0.587. The predicted molar refractivity (Wildman–Crippen MR) is 128 cm³/mol. The summed E-state index contributed by atoms with van der Waals surface area (Å²) in [4.78, 5) is 18.0. The first-order valence-electron chi connectivity index (χ1n) is 10.7. The fourth-order valence-corrected chi connectivity index (χ4v) is 4.51. The van der Waals surface area contributed by atoms with Crippen molar-refractivity contribution in [2.75, 3.05) is 43.1 Å². The second kappa shape index (κ2) is 8.67. The molecule has 1 fully saturated rings. The van der Waals surface area contributed by atoms with Gasteiger partial charge < -0.3 is 18.9 Å². The van der Waals surface area contributed by atoms with Gasteiger partial charge in [-0.05, 0) is 37.1 Å². The van der Waals surface area contributed by atoms with E-state index < -0.39 is 0 Å². The molecule has 1 aromatic carbocycles. The van der Waals surface area contributed by atoms with Crippen LogP contribution in [0.2, 0.25) is 5.02 Å². The van der Waals surface area contributed by atoms with Crippen LogP contribution in [0.15, 0.2) is 55.4 Å². The van der Waals surface area contributed by atoms with E-state index in [4.69, 9.17) is 21.3 Å². The van der Waals surface area contributed by atoms with Crippen LogP contribution in [0.25, 0.3) is 16.9 Å². The fraction of sp³-hybridized carbons (Fsp3) is 0.292. The first kappa shape index (κ1) is 20.6. The maximum atomic E-state index is 6.37. The summed E-state index contributed by atoms with van der Waals surface area (Å²) in [5.41, 5.74) is 6.17. The number of hydrogen-bond donors (Lipinski definition) is 0. The Hall–Kier alpha value is -3.32. The monoisotopic (exact) mass is 448 g/mol. The summed E-state index contributed by atoms with van der Waals surface area (Å²) in [6, 6.07) is 8.20. The van der Waals surface area contributed by atoms with Gasteiger partial charge in [0, 0.05) is 55.9 Å². The van der Waals surface area contributed by atoms with Crippen LogP contribution in [0.3, 0.4) is 0 Å². The molecule has 3 aromatic heterocycles. The third-order valence-corrected chi connectivity index (χ3v) is 6.29. The van der Waals surface area contributed by atoms with E-state index in [2.05, 4.69) is 42.5 Å². The molecular weight excluding hydrogens is 424 g/mol. The van der Waals surface area contributed by atoms with E-state index in [1.807, 2.05) is 37.6 Å². The fourth-order valence-electron chi connectivity index (χ4n) is 4.27. The van der Waals surface area contributed by atoms with Gasteiger partial charge >= 0.3 is 0 Å². The summed E-state index contributed by atoms with van der Waals surface area (Å²) in [5.74, 6) is 0.677. The molecule has 7 nitrogen and oxygen atoms in total. The van der Waals surface area contributed by atoms with Gasteiger partial charge in [-0.15, -0.1) is 0 Å². The minimum absolute atomic E-state index is 0.587. The van der Waals surface area contributed by atoms with Gasteiger partial charge in [-0.2, -0.15) is 0 Å². The molecule has 0 radical (unpaired) electrons. The Balaban J connectivity index is 1.39. The molecular formula is C24H25ClN6O. The largest absolute Gasteiger partial charge is 0.495 e.